The Morgan fingerprint density at radius 1 is 0.423 bits per heavy atom. The Bertz CT molecular complexity index is 1080. The van der Waals surface area contributed by atoms with Crippen molar-refractivity contribution >= 4 is 11.8 Å². The van der Waals surface area contributed by atoms with Gasteiger partial charge in [-0.05, 0) is 45.5 Å². The molecule has 0 saturated carbocycles. The van der Waals surface area contributed by atoms with E-state index < -0.39 is 0 Å². The molecule has 122 valence electrons. The predicted octanol–water partition coefficient (Wildman–Crippen LogP) is 6.51. The Labute approximate surface area is 157 Å². The molecule has 0 fully saturated rings. The van der Waals surface area contributed by atoms with E-state index in [1.807, 2.05) is 11.8 Å². The maximum absolute atomic E-state index is 2.32. The van der Waals surface area contributed by atoms with Gasteiger partial charge < -0.3 is 0 Å². The zero-order valence-electron chi connectivity index (χ0n) is 14.1. The van der Waals surface area contributed by atoms with Crippen LogP contribution >= 0.6 is 11.8 Å². The number of benzene rings is 4. The van der Waals surface area contributed by atoms with Crippen LogP contribution in [0.15, 0.2) is 107 Å². The lowest BCUT2D eigenvalue weighted by Gasteiger charge is -2.39. The summed E-state index contributed by atoms with van der Waals surface area (Å²) in [6.45, 7) is 0. The minimum absolute atomic E-state index is 0.217. The van der Waals surface area contributed by atoms with Gasteiger partial charge in [-0.25, -0.2) is 0 Å². The Balaban J connectivity index is 1.87. The van der Waals surface area contributed by atoms with Gasteiger partial charge in [0.25, 0.3) is 0 Å². The van der Waals surface area contributed by atoms with Gasteiger partial charge in [0.05, 0.1) is 5.41 Å². The van der Waals surface area contributed by atoms with Gasteiger partial charge in [-0.2, -0.15) is 0 Å². The second kappa shape index (κ2) is 5.12. The van der Waals surface area contributed by atoms with Crippen molar-refractivity contribution in [3.8, 4) is 11.1 Å². The number of hydrogen-bond acceptors (Lipinski definition) is 1. The van der Waals surface area contributed by atoms with E-state index in [4.69, 9.17) is 0 Å². The van der Waals surface area contributed by atoms with E-state index in [9.17, 15) is 0 Å². The average Bonchev–Trinajstić information content (AvgIpc) is 3.00. The van der Waals surface area contributed by atoms with Crippen LogP contribution in [0.4, 0.5) is 0 Å². The predicted molar refractivity (Wildman–Crippen MR) is 108 cm³/mol. The van der Waals surface area contributed by atoms with Crippen LogP contribution in [0.3, 0.4) is 0 Å². The lowest BCUT2D eigenvalue weighted by atomic mass is 9.67. The smallest absolute Gasteiger partial charge is 0.0735 e. The molecular formula is C25H16S. The molecule has 0 unspecified atom stereocenters. The maximum atomic E-state index is 2.32. The number of rotatable bonds is 0. The number of hydrogen-bond donors (Lipinski definition) is 0. The van der Waals surface area contributed by atoms with E-state index in [0.717, 1.165) is 0 Å². The fourth-order valence-electron chi connectivity index (χ4n) is 4.81. The summed E-state index contributed by atoms with van der Waals surface area (Å²) in [7, 11) is 0. The summed E-state index contributed by atoms with van der Waals surface area (Å²) in [6, 6.07) is 35.7. The van der Waals surface area contributed by atoms with E-state index in [1.165, 1.54) is 43.2 Å². The first-order valence-corrected chi connectivity index (χ1v) is 9.78. The molecule has 1 aliphatic heterocycles. The van der Waals surface area contributed by atoms with Crippen LogP contribution in [-0.4, -0.2) is 0 Å². The molecule has 1 spiro atoms. The highest BCUT2D eigenvalue weighted by Gasteiger charge is 2.49. The van der Waals surface area contributed by atoms with Crippen molar-refractivity contribution in [2.45, 2.75) is 15.2 Å². The summed E-state index contributed by atoms with van der Waals surface area (Å²) >= 11 is 1.89. The minimum atomic E-state index is -0.217. The maximum Gasteiger partial charge on any atom is 0.0735 e. The molecule has 0 saturated heterocycles. The monoisotopic (exact) mass is 348 g/mol. The van der Waals surface area contributed by atoms with Crippen LogP contribution in [-0.2, 0) is 5.41 Å². The van der Waals surface area contributed by atoms with Gasteiger partial charge in [0.1, 0.15) is 0 Å². The van der Waals surface area contributed by atoms with Crippen molar-refractivity contribution in [3.63, 3.8) is 0 Å². The summed E-state index contributed by atoms with van der Waals surface area (Å²) in [5.41, 5.74) is 8.12. The summed E-state index contributed by atoms with van der Waals surface area (Å²) in [4.78, 5) is 2.72. The first kappa shape index (κ1) is 14.4. The van der Waals surface area contributed by atoms with Crippen LogP contribution in [0.25, 0.3) is 11.1 Å². The first-order chi connectivity index (χ1) is 12.9. The molecule has 4 aromatic rings. The van der Waals surface area contributed by atoms with Gasteiger partial charge in [0.2, 0.25) is 0 Å². The molecule has 1 aliphatic carbocycles. The summed E-state index contributed by atoms with van der Waals surface area (Å²) < 4.78 is 0. The third-order valence-electron chi connectivity index (χ3n) is 5.75. The summed E-state index contributed by atoms with van der Waals surface area (Å²) in [5, 5.41) is 0. The third kappa shape index (κ3) is 1.62. The van der Waals surface area contributed by atoms with E-state index in [1.54, 1.807) is 0 Å². The topological polar surface area (TPSA) is 0 Å². The third-order valence-corrected chi connectivity index (χ3v) is 6.91. The van der Waals surface area contributed by atoms with Crippen molar-refractivity contribution < 1.29 is 0 Å². The van der Waals surface area contributed by atoms with E-state index in [2.05, 4.69) is 97.1 Å². The molecule has 0 radical (unpaired) electrons. The molecule has 2 aliphatic rings. The van der Waals surface area contributed by atoms with Crippen molar-refractivity contribution in [3.05, 3.63) is 119 Å². The molecule has 0 bridgehead atoms. The molecule has 26 heavy (non-hydrogen) atoms. The molecule has 1 heteroatoms. The lowest BCUT2D eigenvalue weighted by molar-refractivity contribution is 0.722. The van der Waals surface area contributed by atoms with Gasteiger partial charge in [0.15, 0.2) is 0 Å². The van der Waals surface area contributed by atoms with Crippen molar-refractivity contribution in [1.29, 1.82) is 0 Å². The van der Waals surface area contributed by atoms with Crippen molar-refractivity contribution in [2.24, 2.45) is 0 Å². The second-order valence-electron chi connectivity index (χ2n) is 6.94. The molecule has 0 nitrogen and oxygen atoms in total. The van der Waals surface area contributed by atoms with Gasteiger partial charge in [-0.1, -0.05) is 96.7 Å². The SMILES string of the molecule is c1ccc2c(c1)Sc1ccccc1C21c2ccccc2-c2ccccc21. The van der Waals surface area contributed by atoms with E-state index in [0.29, 0.717) is 0 Å². The van der Waals surface area contributed by atoms with Crippen LogP contribution in [0.2, 0.25) is 0 Å². The van der Waals surface area contributed by atoms with Crippen molar-refractivity contribution in [1.82, 2.24) is 0 Å². The second-order valence-corrected chi connectivity index (χ2v) is 8.02. The number of fused-ring (bicyclic) bond motifs is 9. The summed E-state index contributed by atoms with van der Waals surface area (Å²) in [5.74, 6) is 0. The average molecular weight is 348 g/mol. The molecular weight excluding hydrogens is 332 g/mol. The Morgan fingerprint density at radius 2 is 0.808 bits per heavy atom. The quantitative estimate of drug-likeness (QED) is 0.301. The van der Waals surface area contributed by atoms with Crippen LogP contribution in [0.5, 0.6) is 0 Å². The fraction of sp³-hybridized carbons (Fsp3) is 0.0400. The van der Waals surface area contributed by atoms with Gasteiger partial charge in [-0.3, -0.25) is 0 Å². The lowest BCUT2D eigenvalue weighted by Crippen LogP contribution is -2.31. The normalized spacial score (nSPS) is 15.1. The highest BCUT2D eigenvalue weighted by molar-refractivity contribution is 7.99. The molecule has 0 aromatic heterocycles. The van der Waals surface area contributed by atoms with Crippen LogP contribution in [0.1, 0.15) is 22.3 Å². The van der Waals surface area contributed by atoms with Gasteiger partial charge >= 0.3 is 0 Å². The highest BCUT2D eigenvalue weighted by Crippen LogP contribution is 2.61. The Hall–Kier alpha value is -2.77. The summed E-state index contributed by atoms with van der Waals surface area (Å²) in [6.07, 6.45) is 0. The fourth-order valence-corrected chi connectivity index (χ4v) is 6.00. The molecule has 4 aromatic carbocycles. The molecule has 0 amide bonds. The molecule has 1 heterocycles. The van der Waals surface area contributed by atoms with E-state index in [-0.39, 0.29) is 5.41 Å². The molecule has 0 atom stereocenters. The zero-order chi connectivity index (χ0) is 17.1. The van der Waals surface area contributed by atoms with E-state index >= 15 is 0 Å². The standard InChI is InChI=1S/C25H16S/c1-3-11-19-17(9-1)18-10-2-4-12-20(18)25(19)21-13-5-7-15-23(21)26-24-16-8-6-14-22(24)25/h1-16H. The molecule has 0 N–H and O–H groups in total. The Kier molecular flexibility index (Phi) is 2.84. The Morgan fingerprint density at radius 3 is 1.31 bits per heavy atom. The van der Waals surface area contributed by atoms with Crippen molar-refractivity contribution in [2.75, 3.05) is 0 Å². The van der Waals surface area contributed by atoms with Crippen LogP contribution < -0.4 is 0 Å². The minimum Gasteiger partial charge on any atom is -0.0894 e. The first-order valence-electron chi connectivity index (χ1n) is 8.97. The largest absolute Gasteiger partial charge is 0.0894 e. The zero-order valence-corrected chi connectivity index (χ0v) is 15.0. The van der Waals surface area contributed by atoms with Gasteiger partial charge in [-0.15, -0.1) is 0 Å². The highest BCUT2D eigenvalue weighted by atomic mass is 32.2. The molecule has 6 rings (SSSR count). The van der Waals surface area contributed by atoms with Gasteiger partial charge in [0, 0.05) is 9.79 Å². The van der Waals surface area contributed by atoms with Crippen LogP contribution in [0, 0.1) is 0 Å².